The van der Waals surface area contributed by atoms with Gasteiger partial charge in [0, 0.05) is 28.8 Å². The first kappa shape index (κ1) is 17.1. The fraction of sp³-hybridized carbons (Fsp3) is 0.240. The Balaban J connectivity index is 1.83. The zero-order chi connectivity index (χ0) is 19.5. The molecule has 1 aliphatic heterocycles. The molecular weight excluding hydrogens is 346 g/mol. The van der Waals surface area contributed by atoms with Crippen LogP contribution in [0.25, 0.3) is 16.3 Å². The molecule has 3 aromatic carbocycles. The van der Waals surface area contributed by atoms with Gasteiger partial charge in [-0.25, -0.2) is 0 Å². The normalized spacial score (nSPS) is 20.5. The van der Waals surface area contributed by atoms with Crippen molar-refractivity contribution in [3.05, 3.63) is 77.4 Å². The third kappa shape index (κ3) is 2.54. The smallest absolute Gasteiger partial charge is 0.162 e. The standard InChI is InChI=1S/C25H23NO2/c1-25(2)13-18-22-16-8-4-3-7-15(16)11-12-19(22)26-24(23(18)21(28)14-25)17-9-5-6-10-20(17)27/h3-12,24,26-27H,13-14H2,1-2H3/t24-/m1/s1. The van der Waals surface area contributed by atoms with Gasteiger partial charge in [-0.3, -0.25) is 4.79 Å². The molecule has 0 saturated heterocycles. The number of anilines is 1. The zero-order valence-corrected chi connectivity index (χ0v) is 16.1. The van der Waals surface area contributed by atoms with Gasteiger partial charge in [-0.1, -0.05) is 62.4 Å². The van der Waals surface area contributed by atoms with Gasteiger partial charge in [0.2, 0.25) is 0 Å². The van der Waals surface area contributed by atoms with Crippen LogP contribution in [0.15, 0.2) is 66.2 Å². The Morgan fingerprint density at radius 1 is 0.964 bits per heavy atom. The van der Waals surface area contributed by atoms with Crippen molar-refractivity contribution in [1.82, 2.24) is 0 Å². The van der Waals surface area contributed by atoms with Crippen LogP contribution in [0.3, 0.4) is 0 Å². The van der Waals surface area contributed by atoms with E-state index in [9.17, 15) is 9.90 Å². The number of aromatic hydroxyl groups is 1. The van der Waals surface area contributed by atoms with Crippen molar-refractivity contribution in [2.24, 2.45) is 5.41 Å². The lowest BCUT2D eigenvalue weighted by Gasteiger charge is -2.40. The molecule has 0 radical (unpaired) electrons. The molecule has 0 aromatic heterocycles. The summed E-state index contributed by atoms with van der Waals surface area (Å²) < 4.78 is 0. The van der Waals surface area contributed by atoms with Crippen molar-refractivity contribution in [3.8, 4) is 5.75 Å². The van der Waals surface area contributed by atoms with Gasteiger partial charge in [0.25, 0.3) is 0 Å². The number of ketones is 1. The number of para-hydroxylation sites is 1. The van der Waals surface area contributed by atoms with E-state index in [2.05, 4.69) is 43.4 Å². The van der Waals surface area contributed by atoms with Crippen molar-refractivity contribution >= 4 is 27.8 Å². The molecule has 0 spiro atoms. The van der Waals surface area contributed by atoms with E-state index < -0.39 is 0 Å². The predicted octanol–water partition coefficient (Wildman–Crippen LogP) is 5.85. The number of nitrogens with one attached hydrogen (secondary N) is 1. The number of allylic oxidation sites excluding steroid dienone is 1. The highest BCUT2D eigenvalue weighted by Gasteiger charge is 2.41. The molecule has 5 rings (SSSR count). The molecule has 0 fully saturated rings. The molecule has 1 aliphatic carbocycles. The molecule has 140 valence electrons. The molecule has 0 saturated carbocycles. The average Bonchev–Trinajstić information content (AvgIpc) is 2.66. The Morgan fingerprint density at radius 3 is 2.54 bits per heavy atom. The maximum atomic E-state index is 13.3. The Kier molecular flexibility index (Phi) is 3.63. The number of benzene rings is 3. The molecule has 0 unspecified atom stereocenters. The molecule has 2 aliphatic rings. The number of fused-ring (bicyclic) bond motifs is 4. The molecule has 3 aromatic rings. The lowest BCUT2D eigenvalue weighted by atomic mass is 9.68. The van der Waals surface area contributed by atoms with E-state index in [1.54, 1.807) is 6.07 Å². The van der Waals surface area contributed by atoms with Gasteiger partial charge in [0.15, 0.2) is 5.78 Å². The Hall–Kier alpha value is -3.07. The lowest BCUT2D eigenvalue weighted by Crippen LogP contribution is -2.33. The van der Waals surface area contributed by atoms with Crippen LogP contribution in [-0.2, 0) is 4.79 Å². The molecule has 1 atom stereocenters. The highest BCUT2D eigenvalue weighted by atomic mass is 16.3. The molecule has 0 amide bonds. The zero-order valence-electron chi connectivity index (χ0n) is 16.1. The highest BCUT2D eigenvalue weighted by molar-refractivity contribution is 6.12. The maximum Gasteiger partial charge on any atom is 0.162 e. The summed E-state index contributed by atoms with van der Waals surface area (Å²) in [5.41, 5.74) is 4.77. The van der Waals surface area contributed by atoms with Gasteiger partial charge in [-0.05, 0) is 40.3 Å². The van der Waals surface area contributed by atoms with E-state index in [1.165, 1.54) is 10.8 Å². The maximum absolute atomic E-state index is 13.3. The van der Waals surface area contributed by atoms with Crippen molar-refractivity contribution < 1.29 is 9.90 Å². The number of Topliss-reactive ketones (excluding diaryl/α,β-unsaturated/α-hetero) is 1. The number of hydrogen-bond acceptors (Lipinski definition) is 3. The van der Waals surface area contributed by atoms with E-state index in [1.807, 2.05) is 30.3 Å². The minimum atomic E-state index is -0.325. The summed E-state index contributed by atoms with van der Waals surface area (Å²) in [6, 6.07) is 19.5. The fourth-order valence-electron chi connectivity index (χ4n) is 4.80. The first-order valence-electron chi connectivity index (χ1n) is 9.77. The predicted molar refractivity (Wildman–Crippen MR) is 113 cm³/mol. The topological polar surface area (TPSA) is 49.3 Å². The van der Waals surface area contributed by atoms with E-state index >= 15 is 0 Å². The largest absolute Gasteiger partial charge is 0.508 e. The van der Waals surface area contributed by atoms with E-state index in [-0.39, 0.29) is 23.0 Å². The number of carbonyl (C=O) groups is 1. The van der Waals surface area contributed by atoms with Crippen LogP contribution in [0.5, 0.6) is 5.75 Å². The van der Waals surface area contributed by atoms with Crippen LogP contribution < -0.4 is 5.32 Å². The number of phenols is 1. The Labute approximate surface area is 164 Å². The van der Waals surface area contributed by atoms with Crippen molar-refractivity contribution in [1.29, 1.82) is 0 Å². The van der Waals surface area contributed by atoms with E-state index in [4.69, 9.17) is 0 Å². The first-order valence-corrected chi connectivity index (χ1v) is 9.77. The fourth-order valence-corrected chi connectivity index (χ4v) is 4.80. The van der Waals surface area contributed by atoms with Crippen LogP contribution >= 0.6 is 0 Å². The molecular formula is C25H23NO2. The van der Waals surface area contributed by atoms with Crippen LogP contribution in [0.2, 0.25) is 0 Å². The molecule has 2 N–H and O–H groups in total. The summed E-state index contributed by atoms with van der Waals surface area (Å²) in [4.78, 5) is 13.3. The van der Waals surface area contributed by atoms with Gasteiger partial charge in [-0.15, -0.1) is 0 Å². The number of carbonyl (C=O) groups excluding carboxylic acids is 1. The highest BCUT2D eigenvalue weighted by Crippen LogP contribution is 2.52. The van der Waals surface area contributed by atoms with Crippen molar-refractivity contribution in [2.75, 3.05) is 5.32 Å². The van der Waals surface area contributed by atoms with Crippen LogP contribution in [-0.4, -0.2) is 10.9 Å². The van der Waals surface area contributed by atoms with Gasteiger partial charge < -0.3 is 10.4 Å². The summed E-state index contributed by atoms with van der Waals surface area (Å²) >= 11 is 0. The van der Waals surface area contributed by atoms with Crippen LogP contribution in [0.4, 0.5) is 5.69 Å². The van der Waals surface area contributed by atoms with Crippen LogP contribution in [0, 0.1) is 5.41 Å². The summed E-state index contributed by atoms with van der Waals surface area (Å²) in [6.07, 6.45) is 1.37. The lowest BCUT2D eigenvalue weighted by molar-refractivity contribution is -0.118. The SMILES string of the molecule is CC1(C)CC(=O)C2=C(C1)c1c(ccc3ccccc13)N[C@@H]2c1ccccc1O. The average molecular weight is 369 g/mol. The minimum absolute atomic E-state index is 0.0786. The van der Waals surface area contributed by atoms with Crippen molar-refractivity contribution in [3.63, 3.8) is 0 Å². The number of hydrogen-bond donors (Lipinski definition) is 2. The second-order valence-electron chi connectivity index (χ2n) is 8.68. The van der Waals surface area contributed by atoms with Gasteiger partial charge in [0.1, 0.15) is 5.75 Å². The molecule has 0 bridgehead atoms. The third-order valence-corrected chi connectivity index (χ3v) is 5.99. The van der Waals surface area contributed by atoms with Crippen LogP contribution in [0.1, 0.15) is 43.9 Å². The Morgan fingerprint density at radius 2 is 1.71 bits per heavy atom. The third-order valence-electron chi connectivity index (χ3n) is 5.99. The summed E-state index contributed by atoms with van der Waals surface area (Å²) in [7, 11) is 0. The molecule has 1 heterocycles. The molecule has 3 heteroatoms. The van der Waals surface area contributed by atoms with Gasteiger partial charge >= 0.3 is 0 Å². The van der Waals surface area contributed by atoms with Gasteiger partial charge in [-0.2, -0.15) is 0 Å². The van der Waals surface area contributed by atoms with E-state index in [0.29, 0.717) is 6.42 Å². The molecule has 3 nitrogen and oxygen atoms in total. The number of rotatable bonds is 1. The second kappa shape index (κ2) is 5.96. The Bertz CT molecular complexity index is 1160. The van der Waals surface area contributed by atoms with Gasteiger partial charge in [0.05, 0.1) is 6.04 Å². The quantitative estimate of drug-likeness (QED) is 0.565. The summed E-state index contributed by atoms with van der Waals surface area (Å²) in [6.45, 7) is 4.33. The minimum Gasteiger partial charge on any atom is -0.508 e. The van der Waals surface area contributed by atoms with E-state index in [0.717, 1.165) is 34.4 Å². The summed E-state index contributed by atoms with van der Waals surface area (Å²) in [5.74, 6) is 0.388. The number of phenolic OH excluding ortho intramolecular Hbond substituents is 1. The summed E-state index contributed by atoms with van der Waals surface area (Å²) in [5, 5.41) is 16.4. The first-order chi connectivity index (χ1) is 13.4. The molecule has 28 heavy (non-hydrogen) atoms. The monoisotopic (exact) mass is 369 g/mol. The second-order valence-corrected chi connectivity index (χ2v) is 8.68. The van der Waals surface area contributed by atoms with Crippen molar-refractivity contribution in [2.45, 2.75) is 32.7 Å².